The summed E-state index contributed by atoms with van der Waals surface area (Å²) in [5.41, 5.74) is 4.27. The Bertz CT molecular complexity index is 797. The fourth-order valence-corrected chi connectivity index (χ4v) is 4.47. The Balaban J connectivity index is 1.96. The number of aryl methyl sites for hydroxylation is 2. The molecule has 0 saturated carbocycles. The van der Waals surface area contributed by atoms with Crippen molar-refractivity contribution in [1.29, 1.82) is 0 Å². The number of hydrogen-bond acceptors (Lipinski definition) is 4. The predicted molar refractivity (Wildman–Crippen MR) is 75.1 cm³/mol. The molecule has 3 aromatic rings. The van der Waals surface area contributed by atoms with Gasteiger partial charge in [0.1, 0.15) is 0 Å². The molecule has 4 nitrogen and oxygen atoms in total. The van der Waals surface area contributed by atoms with E-state index >= 15 is 0 Å². The Morgan fingerprint density at radius 2 is 2.32 bits per heavy atom. The molecule has 0 aromatic carbocycles. The molecule has 3 aromatic heterocycles. The molecular formula is C13H10N2O2S2. The smallest absolute Gasteiger partial charge is 0.309 e. The number of fused-ring (bicyclic) bond motifs is 5. The SMILES string of the molecule is O=C(O)Cc1csc2nc3c(n12)CCc1sccc1-3. The minimum absolute atomic E-state index is 0.0549. The zero-order valence-corrected chi connectivity index (χ0v) is 11.6. The highest BCUT2D eigenvalue weighted by atomic mass is 32.1. The number of hydrogen-bond donors (Lipinski definition) is 1. The second-order valence-corrected chi connectivity index (χ2v) is 6.42. The van der Waals surface area contributed by atoms with Crippen LogP contribution >= 0.6 is 22.7 Å². The van der Waals surface area contributed by atoms with E-state index in [1.165, 1.54) is 27.5 Å². The number of aromatic nitrogens is 2. The third-order valence-electron chi connectivity index (χ3n) is 3.45. The second kappa shape index (κ2) is 3.91. The maximum atomic E-state index is 10.9. The third-order valence-corrected chi connectivity index (χ3v) is 5.31. The van der Waals surface area contributed by atoms with E-state index < -0.39 is 5.97 Å². The lowest BCUT2D eigenvalue weighted by molar-refractivity contribution is -0.136. The van der Waals surface area contributed by atoms with Gasteiger partial charge >= 0.3 is 5.97 Å². The number of rotatable bonds is 2. The summed E-state index contributed by atoms with van der Waals surface area (Å²) in [5.74, 6) is -0.797. The number of nitrogens with zero attached hydrogens (tertiary/aromatic N) is 2. The standard InChI is InChI=1S/C13H10N2O2S2/c16-11(17)5-7-6-19-13-14-12-8-3-4-18-10(8)2-1-9(12)15(7)13/h3-4,6H,1-2,5H2,(H,16,17). The molecule has 1 aliphatic rings. The van der Waals surface area contributed by atoms with Crippen molar-refractivity contribution < 1.29 is 9.90 Å². The van der Waals surface area contributed by atoms with E-state index in [9.17, 15) is 4.79 Å². The molecule has 0 saturated heterocycles. The van der Waals surface area contributed by atoms with E-state index in [4.69, 9.17) is 5.11 Å². The van der Waals surface area contributed by atoms with Crippen molar-refractivity contribution in [2.75, 3.05) is 0 Å². The van der Waals surface area contributed by atoms with Crippen LogP contribution in [-0.4, -0.2) is 20.5 Å². The summed E-state index contributed by atoms with van der Waals surface area (Å²) in [6.07, 6.45) is 2.02. The van der Waals surface area contributed by atoms with Gasteiger partial charge in [-0.25, -0.2) is 4.98 Å². The van der Waals surface area contributed by atoms with Crippen LogP contribution in [0.15, 0.2) is 16.8 Å². The van der Waals surface area contributed by atoms with E-state index in [0.29, 0.717) is 0 Å². The van der Waals surface area contributed by atoms with Crippen molar-refractivity contribution in [2.24, 2.45) is 0 Å². The largest absolute Gasteiger partial charge is 0.481 e. The second-order valence-electron chi connectivity index (χ2n) is 4.58. The van der Waals surface area contributed by atoms with Crippen LogP contribution in [0.25, 0.3) is 16.2 Å². The minimum atomic E-state index is -0.797. The summed E-state index contributed by atoms with van der Waals surface area (Å²) in [4.78, 5) is 17.9. The molecule has 3 heterocycles. The number of imidazole rings is 1. The van der Waals surface area contributed by atoms with Crippen molar-refractivity contribution >= 4 is 33.6 Å². The van der Waals surface area contributed by atoms with Crippen LogP contribution in [-0.2, 0) is 24.1 Å². The summed E-state index contributed by atoms with van der Waals surface area (Å²) in [6.45, 7) is 0. The van der Waals surface area contributed by atoms with E-state index in [-0.39, 0.29) is 6.42 Å². The van der Waals surface area contributed by atoms with Gasteiger partial charge in [-0.05, 0) is 24.3 Å². The Labute approximate surface area is 117 Å². The first-order chi connectivity index (χ1) is 9.24. The fourth-order valence-electron chi connectivity index (χ4n) is 2.68. The zero-order valence-electron chi connectivity index (χ0n) is 9.92. The van der Waals surface area contributed by atoms with Crippen LogP contribution in [0.4, 0.5) is 0 Å². The number of carboxylic acid groups (broad SMARTS) is 1. The molecule has 0 unspecified atom stereocenters. The van der Waals surface area contributed by atoms with Crippen molar-refractivity contribution in [3.05, 3.63) is 33.1 Å². The number of thiophene rings is 1. The molecular weight excluding hydrogens is 280 g/mol. The van der Waals surface area contributed by atoms with Crippen molar-refractivity contribution in [3.63, 3.8) is 0 Å². The van der Waals surface area contributed by atoms with Crippen LogP contribution in [0, 0.1) is 0 Å². The van der Waals surface area contributed by atoms with Crippen LogP contribution in [0.2, 0.25) is 0 Å². The molecule has 0 amide bonds. The molecule has 0 radical (unpaired) electrons. The molecule has 0 spiro atoms. The molecule has 1 N–H and O–H groups in total. The van der Waals surface area contributed by atoms with Crippen molar-refractivity contribution in [3.8, 4) is 11.3 Å². The van der Waals surface area contributed by atoms with Crippen LogP contribution in [0.3, 0.4) is 0 Å². The van der Waals surface area contributed by atoms with E-state index in [1.807, 2.05) is 9.78 Å². The van der Waals surface area contributed by atoms with E-state index in [0.717, 1.165) is 29.2 Å². The minimum Gasteiger partial charge on any atom is -0.481 e. The lowest BCUT2D eigenvalue weighted by Gasteiger charge is -2.12. The molecule has 1 aliphatic carbocycles. The van der Waals surface area contributed by atoms with Crippen molar-refractivity contribution in [1.82, 2.24) is 9.38 Å². The van der Waals surface area contributed by atoms with Gasteiger partial charge < -0.3 is 5.11 Å². The maximum Gasteiger partial charge on any atom is 0.309 e. The van der Waals surface area contributed by atoms with Gasteiger partial charge in [0, 0.05) is 21.5 Å². The highest BCUT2D eigenvalue weighted by molar-refractivity contribution is 7.15. The van der Waals surface area contributed by atoms with E-state index in [1.54, 1.807) is 11.3 Å². The number of carboxylic acids is 1. The number of thiazole rings is 1. The summed E-state index contributed by atoms with van der Waals surface area (Å²) in [5, 5.41) is 13.0. The molecule has 0 fully saturated rings. The first-order valence-electron chi connectivity index (χ1n) is 6.00. The van der Waals surface area contributed by atoms with Crippen LogP contribution < -0.4 is 0 Å². The fraction of sp³-hybridized carbons (Fsp3) is 0.231. The highest BCUT2D eigenvalue weighted by Gasteiger charge is 2.24. The topological polar surface area (TPSA) is 54.6 Å². The first-order valence-corrected chi connectivity index (χ1v) is 7.76. The van der Waals surface area contributed by atoms with Gasteiger partial charge in [-0.1, -0.05) is 0 Å². The Morgan fingerprint density at radius 1 is 1.42 bits per heavy atom. The highest BCUT2D eigenvalue weighted by Crippen LogP contribution is 2.38. The molecule has 19 heavy (non-hydrogen) atoms. The molecule has 4 rings (SSSR count). The summed E-state index contributed by atoms with van der Waals surface area (Å²) >= 11 is 3.29. The Morgan fingerprint density at radius 3 is 3.16 bits per heavy atom. The average molecular weight is 290 g/mol. The van der Waals surface area contributed by atoms with Gasteiger partial charge in [-0.15, -0.1) is 22.7 Å². The first kappa shape index (κ1) is 11.2. The van der Waals surface area contributed by atoms with Gasteiger partial charge in [-0.3, -0.25) is 9.20 Å². The third kappa shape index (κ3) is 1.56. The molecule has 96 valence electrons. The van der Waals surface area contributed by atoms with E-state index in [2.05, 4.69) is 16.4 Å². The lowest BCUT2D eigenvalue weighted by atomic mass is 10.00. The molecule has 0 aliphatic heterocycles. The maximum absolute atomic E-state index is 10.9. The summed E-state index contributed by atoms with van der Waals surface area (Å²) < 4.78 is 2.04. The average Bonchev–Trinajstić information content (AvgIpc) is 3.02. The van der Waals surface area contributed by atoms with Gasteiger partial charge in [0.15, 0.2) is 4.96 Å². The summed E-state index contributed by atoms with van der Waals surface area (Å²) in [7, 11) is 0. The zero-order chi connectivity index (χ0) is 13.0. The van der Waals surface area contributed by atoms with Gasteiger partial charge in [0.25, 0.3) is 0 Å². The Hall–Kier alpha value is -1.66. The van der Waals surface area contributed by atoms with Crippen molar-refractivity contribution in [2.45, 2.75) is 19.3 Å². The Kier molecular flexibility index (Phi) is 2.31. The number of aliphatic carboxylic acids is 1. The normalized spacial score (nSPS) is 13.5. The lowest BCUT2D eigenvalue weighted by Crippen LogP contribution is -2.07. The van der Waals surface area contributed by atoms with Gasteiger partial charge in [0.2, 0.25) is 0 Å². The molecule has 6 heteroatoms. The monoisotopic (exact) mass is 290 g/mol. The number of carbonyl (C=O) groups is 1. The van der Waals surface area contributed by atoms with Crippen LogP contribution in [0.5, 0.6) is 0 Å². The predicted octanol–water partition coefficient (Wildman–Crippen LogP) is 2.85. The van der Waals surface area contributed by atoms with Gasteiger partial charge in [-0.2, -0.15) is 0 Å². The molecule has 0 bridgehead atoms. The van der Waals surface area contributed by atoms with Gasteiger partial charge in [0.05, 0.1) is 17.8 Å². The quantitative estimate of drug-likeness (QED) is 0.789. The van der Waals surface area contributed by atoms with Crippen LogP contribution in [0.1, 0.15) is 16.3 Å². The summed E-state index contributed by atoms with van der Waals surface area (Å²) in [6, 6.07) is 2.12. The molecule has 0 atom stereocenters.